The molecule has 0 aromatic heterocycles. The number of rotatable bonds is 5. The van der Waals surface area contributed by atoms with Crippen LogP contribution in [0.5, 0.6) is 0 Å². The van der Waals surface area contributed by atoms with Crippen molar-refractivity contribution < 1.29 is 18.0 Å². The van der Waals surface area contributed by atoms with Gasteiger partial charge in [-0.15, -0.1) is 0 Å². The zero-order valence-corrected chi connectivity index (χ0v) is 13.3. The molecule has 0 fully saturated rings. The molecule has 6 heteroatoms. The third kappa shape index (κ3) is 5.01. The van der Waals surface area contributed by atoms with Crippen molar-refractivity contribution in [1.29, 1.82) is 0 Å². The molecule has 2 rings (SSSR count). The van der Waals surface area contributed by atoms with Crippen LogP contribution in [0.25, 0.3) is 0 Å². The smallest absolute Gasteiger partial charge is 0.308 e. The number of nitrogens with one attached hydrogen (secondary N) is 2. The van der Waals surface area contributed by atoms with Gasteiger partial charge in [0.15, 0.2) is 0 Å². The average molecular weight is 336 g/mol. The molecule has 0 unspecified atom stereocenters. The molecule has 2 N–H and O–H groups in total. The van der Waals surface area contributed by atoms with E-state index in [1.807, 2.05) is 12.1 Å². The van der Waals surface area contributed by atoms with Gasteiger partial charge < -0.3 is 10.6 Å². The van der Waals surface area contributed by atoms with Crippen molar-refractivity contribution >= 4 is 17.4 Å². The first-order valence-corrected chi connectivity index (χ1v) is 7.73. The van der Waals surface area contributed by atoms with E-state index in [-0.39, 0.29) is 5.69 Å². The van der Waals surface area contributed by atoms with Crippen molar-refractivity contribution in [3.8, 4) is 0 Å². The Kier molecular flexibility index (Phi) is 5.84. The van der Waals surface area contributed by atoms with Crippen LogP contribution in [-0.2, 0) is 12.6 Å². The minimum Gasteiger partial charge on any atom is -0.308 e. The molecule has 0 aliphatic carbocycles. The van der Waals surface area contributed by atoms with Crippen molar-refractivity contribution in [2.75, 3.05) is 10.6 Å². The van der Waals surface area contributed by atoms with Crippen LogP contribution < -0.4 is 10.6 Å². The Morgan fingerprint density at radius 1 is 1.00 bits per heavy atom. The van der Waals surface area contributed by atoms with Gasteiger partial charge in [-0.3, -0.25) is 0 Å². The number of unbranched alkanes of at least 4 members (excludes halogenated alkanes) is 1. The molecule has 24 heavy (non-hydrogen) atoms. The number of alkyl halides is 3. The lowest BCUT2D eigenvalue weighted by atomic mass is 10.1. The van der Waals surface area contributed by atoms with E-state index < -0.39 is 17.8 Å². The zero-order chi connectivity index (χ0) is 17.6. The highest BCUT2D eigenvalue weighted by Crippen LogP contribution is 2.34. The molecule has 0 heterocycles. The van der Waals surface area contributed by atoms with Crippen molar-refractivity contribution in [1.82, 2.24) is 0 Å². The van der Waals surface area contributed by atoms with Crippen molar-refractivity contribution in [2.24, 2.45) is 0 Å². The number of urea groups is 1. The molecule has 2 aromatic carbocycles. The van der Waals surface area contributed by atoms with E-state index in [0.29, 0.717) is 5.69 Å². The van der Waals surface area contributed by atoms with Gasteiger partial charge in [-0.05, 0) is 42.7 Å². The van der Waals surface area contributed by atoms with E-state index in [1.54, 1.807) is 12.1 Å². The third-order valence-corrected chi connectivity index (χ3v) is 3.51. The quantitative estimate of drug-likeness (QED) is 0.723. The Morgan fingerprint density at radius 2 is 1.67 bits per heavy atom. The second kappa shape index (κ2) is 7.86. The first-order valence-electron chi connectivity index (χ1n) is 7.73. The van der Waals surface area contributed by atoms with E-state index in [1.165, 1.54) is 18.2 Å². The van der Waals surface area contributed by atoms with Gasteiger partial charge >= 0.3 is 12.2 Å². The van der Waals surface area contributed by atoms with E-state index in [4.69, 9.17) is 0 Å². The lowest BCUT2D eigenvalue weighted by Crippen LogP contribution is -2.21. The van der Waals surface area contributed by atoms with Crippen molar-refractivity contribution in [3.63, 3.8) is 0 Å². The average Bonchev–Trinajstić information content (AvgIpc) is 2.53. The summed E-state index contributed by atoms with van der Waals surface area (Å²) in [5.41, 5.74) is 0.527. The Hall–Kier alpha value is -2.50. The van der Waals surface area contributed by atoms with Crippen LogP contribution >= 0.6 is 0 Å². The molecule has 0 saturated carbocycles. The van der Waals surface area contributed by atoms with Crippen LogP contribution in [0.3, 0.4) is 0 Å². The van der Waals surface area contributed by atoms with Crippen LogP contribution in [0, 0.1) is 0 Å². The summed E-state index contributed by atoms with van der Waals surface area (Å²) in [6.45, 7) is 2.11. The van der Waals surface area contributed by atoms with Gasteiger partial charge in [-0.25, -0.2) is 4.79 Å². The molecule has 0 aliphatic rings. The minimum absolute atomic E-state index is 0.276. The van der Waals surface area contributed by atoms with E-state index in [2.05, 4.69) is 17.6 Å². The number of halogens is 3. The summed E-state index contributed by atoms with van der Waals surface area (Å²) in [6.07, 6.45) is -1.38. The molecule has 2 amide bonds. The molecular weight excluding hydrogens is 317 g/mol. The predicted molar refractivity (Wildman–Crippen MR) is 89.1 cm³/mol. The van der Waals surface area contributed by atoms with Crippen LogP contribution in [0.1, 0.15) is 30.9 Å². The van der Waals surface area contributed by atoms with Crippen molar-refractivity contribution in [2.45, 2.75) is 32.4 Å². The Morgan fingerprint density at radius 3 is 2.29 bits per heavy atom. The molecule has 2 aromatic rings. The number of aryl methyl sites for hydroxylation is 1. The number of benzene rings is 2. The number of carbonyl (C=O) groups excluding carboxylic acids is 1. The van der Waals surface area contributed by atoms with Crippen LogP contribution in [-0.4, -0.2) is 6.03 Å². The number of carbonyl (C=O) groups is 1. The molecule has 0 aliphatic heterocycles. The Balaban J connectivity index is 2.01. The maximum atomic E-state index is 12.9. The number of anilines is 2. The van der Waals surface area contributed by atoms with Gasteiger partial charge in [0.05, 0.1) is 11.3 Å². The summed E-state index contributed by atoms with van der Waals surface area (Å²) in [5.74, 6) is 0. The van der Waals surface area contributed by atoms with E-state index >= 15 is 0 Å². The standard InChI is InChI=1S/C18H19F3N2O/c1-2-3-6-13-9-11-14(12-10-13)22-17(24)23-16-8-5-4-7-15(16)18(19,20)21/h4-5,7-12H,2-3,6H2,1H3,(H2,22,23,24). The maximum Gasteiger partial charge on any atom is 0.418 e. The zero-order valence-electron chi connectivity index (χ0n) is 13.3. The van der Waals surface area contributed by atoms with Crippen molar-refractivity contribution in [3.05, 3.63) is 59.7 Å². The fourth-order valence-electron chi connectivity index (χ4n) is 2.26. The lowest BCUT2D eigenvalue weighted by Gasteiger charge is -2.14. The molecule has 0 radical (unpaired) electrons. The highest BCUT2D eigenvalue weighted by atomic mass is 19.4. The summed E-state index contributed by atoms with van der Waals surface area (Å²) < 4.78 is 38.7. The topological polar surface area (TPSA) is 41.1 Å². The van der Waals surface area contributed by atoms with Gasteiger partial charge in [0, 0.05) is 5.69 Å². The van der Waals surface area contributed by atoms with Crippen LogP contribution in [0.15, 0.2) is 48.5 Å². The SMILES string of the molecule is CCCCc1ccc(NC(=O)Nc2ccccc2C(F)(F)F)cc1. The maximum absolute atomic E-state index is 12.9. The molecule has 0 spiro atoms. The predicted octanol–water partition coefficient (Wildman–Crippen LogP) is 5.69. The van der Waals surface area contributed by atoms with E-state index in [0.717, 1.165) is 30.9 Å². The summed E-state index contributed by atoms with van der Waals surface area (Å²) in [5, 5.41) is 4.78. The summed E-state index contributed by atoms with van der Waals surface area (Å²) in [4.78, 5) is 11.9. The number of hydrogen-bond acceptors (Lipinski definition) is 1. The van der Waals surface area contributed by atoms with Crippen LogP contribution in [0.4, 0.5) is 29.3 Å². The van der Waals surface area contributed by atoms with Gasteiger partial charge in [-0.2, -0.15) is 13.2 Å². The number of amides is 2. The van der Waals surface area contributed by atoms with E-state index in [9.17, 15) is 18.0 Å². The van der Waals surface area contributed by atoms with Gasteiger partial charge in [0.1, 0.15) is 0 Å². The monoisotopic (exact) mass is 336 g/mol. The van der Waals surface area contributed by atoms with Gasteiger partial charge in [0.2, 0.25) is 0 Å². The molecule has 128 valence electrons. The Labute approximate surface area is 138 Å². The first kappa shape index (κ1) is 17.8. The number of para-hydroxylation sites is 1. The van der Waals surface area contributed by atoms with Crippen LogP contribution in [0.2, 0.25) is 0 Å². The largest absolute Gasteiger partial charge is 0.418 e. The fourth-order valence-corrected chi connectivity index (χ4v) is 2.26. The summed E-state index contributed by atoms with van der Waals surface area (Å²) in [7, 11) is 0. The third-order valence-electron chi connectivity index (χ3n) is 3.51. The van der Waals surface area contributed by atoms with Gasteiger partial charge in [-0.1, -0.05) is 37.6 Å². The molecule has 0 saturated heterocycles. The molecule has 0 bridgehead atoms. The molecule has 0 atom stereocenters. The minimum atomic E-state index is -4.52. The number of hydrogen-bond donors (Lipinski definition) is 2. The summed E-state index contributed by atoms with van der Waals surface area (Å²) >= 11 is 0. The highest BCUT2D eigenvalue weighted by molar-refractivity contribution is 6.00. The lowest BCUT2D eigenvalue weighted by molar-refractivity contribution is -0.136. The second-order valence-electron chi connectivity index (χ2n) is 5.42. The Bertz CT molecular complexity index is 681. The molecular formula is C18H19F3N2O. The summed E-state index contributed by atoms with van der Waals surface area (Å²) in [6, 6.07) is 11.4. The van der Waals surface area contributed by atoms with Gasteiger partial charge in [0.25, 0.3) is 0 Å². The molecule has 3 nitrogen and oxygen atoms in total. The second-order valence-corrected chi connectivity index (χ2v) is 5.42. The first-order chi connectivity index (χ1) is 11.4. The normalized spacial score (nSPS) is 11.2. The highest BCUT2D eigenvalue weighted by Gasteiger charge is 2.33. The fraction of sp³-hybridized carbons (Fsp3) is 0.278.